The van der Waals surface area contributed by atoms with Crippen LogP contribution >= 0.6 is 11.3 Å². The number of carbonyl (C=O) groups excluding carboxylic acids is 1. The summed E-state index contributed by atoms with van der Waals surface area (Å²) in [4.78, 5) is 19.0. The van der Waals surface area contributed by atoms with Crippen LogP contribution in [0.15, 0.2) is 57.7 Å². The van der Waals surface area contributed by atoms with Gasteiger partial charge in [0, 0.05) is 6.07 Å². The molecule has 0 saturated heterocycles. The lowest BCUT2D eigenvalue weighted by Crippen LogP contribution is -2.30. The number of rotatable bonds is 4. The summed E-state index contributed by atoms with van der Waals surface area (Å²) in [7, 11) is 0. The van der Waals surface area contributed by atoms with Crippen LogP contribution in [0.1, 0.15) is 22.0 Å². The minimum Gasteiger partial charge on any atom is -0.467 e. The second kappa shape index (κ2) is 5.93. The number of hydrogen-bond donors (Lipinski definition) is 0. The molecule has 0 atom stereocenters. The molecule has 0 fully saturated rings. The van der Waals surface area contributed by atoms with Crippen molar-refractivity contribution in [2.75, 3.05) is 4.90 Å². The maximum Gasteiger partial charge on any atom is 0.282 e. The largest absolute Gasteiger partial charge is 0.467 e. The molecule has 0 spiro atoms. The van der Waals surface area contributed by atoms with E-state index in [1.807, 2.05) is 30.3 Å². The zero-order valence-corrected chi connectivity index (χ0v) is 13.6. The van der Waals surface area contributed by atoms with Crippen molar-refractivity contribution >= 4 is 32.6 Å². The third-order valence-electron chi connectivity index (χ3n) is 3.50. The van der Waals surface area contributed by atoms with Crippen LogP contribution < -0.4 is 4.90 Å². The molecule has 0 bridgehead atoms. The van der Waals surface area contributed by atoms with E-state index in [9.17, 15) is 4.79 Å². The van der Waals surface area contributed by atoms with E-state index in [1.165, 1.54) is 11.3 Å². The Bertz CT molecular complexity index is 955. The Kier molecular flexibility index (Phi) is 3.62. The van der Waals surface area contributed by atoms with E-state index < -0.39 is 0 Å². The van der Waals surface area contributed by atoms with Crippen molar-refractivity contribution in [3.8, 4) is 0 Å². The zero-order valence-electron chi connectivity index (χ0n) is 12.8. The SMILES string of the molecule is Cc1cc(C(=O)N(Cc2ccco2)c2nc3ccccc3s2)no1. The molecule has 7 heteroatoms. The summed E-state index contributed by atoms with van der Waals surface area (Å²) in [6, 6.07) is 13.0. The molecule has 24 heavy (non-hydrogen) atoms. The zero-order chi connectivity index (χ0) is 16.5. The van der Waals surface area contributed by atoms with Crippen molar-refractivity contribution in [3.05, 3.63) is 65.9 Å². The van der Waals surface area contributed by atoms with Gasteiger partial charge in [-0.1, -0.05) is 28.6 Å². The molecule has 6 nitrogen and oxygen atoms in total. The van der Waals surface area contributed by atoms with E-state index >= 15 is 0 Å². The van der Waals surface area contributed by atoms with E-state index in [1.54, 1.807) is 30.2 Å². The molecule has 120 valence electrons. The molecule has 0 aliphatic rings. The number of fused-ring (bicyclic) bond motifs is 1. The highest BCUT2D eigenvalue weighted by molar-refractivity contribution is 7.22. The third-order valence-corrected chi connectivity index (χ3v) is 4.56. The molecule has 1 aromatic carbocycles. The highest BCUT2D eigenvalue weighted by atomic mass is 32.1. The van der Waals surface area contributed by atoms with Crippen LogP contribution in [0.25, 0.3) is 10.2 Å². The molecule has 1 amide bonds. The Labute approximate surface area is 141 Å². The fraction of sp³-hybridized carbons (Fsp3) is 0.118. The maximum absolute atomic E-state index is 12.9. The first kappa shape index (κ1) is 14.6. The molecule has 4 aromatic rings. The van der Waals surface area contributed by atoms with Crippen LogP contribution in [0, 0.1) is 6.92 Å². The van der Waals surface area contributed by atoms with Crippen molar-refractivity contribution in [1.29, 1.82) is 0 Å². The lowest BCUT2D eigenvalue weighted by atomic mass is 10.3. The Hall–Kier alpha value is -2.93. The molecule has 0 N–H and O–H groups in total. The van der Waals surface area contributed by atoms with E-state index in [4.69, 9.17) is 8.94 Å². The number of aromatic nitrogens is 2. The normalized spacial score (nSPS) is 11.0. The molecule has 3 aromatic heterocycles. The number of nitrogens with zero attached hydrogens (tertiary/aromatic N) is 3. The predicted molar refractivity (Wildman–Crippen MR) is 90.1 cm³/mol. The number of aryl methyl sites for hydroxylation is 1. The van der Waals surface area contributed by atoms with Crippen LogP contribution in [0.5, 0.6) is 0 Å². The Morgan fingerprint density at radius 1 is 1.25 bits per heavy atom. The topological polar surface area (TPSA) is 72.4 Å². The van der Waals surface area contributed by atoms with Gasteiger partial charge in [0.2, 0.25) is 0 Å². The lowest BCUT2D eigenvalue weighted by molar-refractivity contribution is 0.0974. The maximum atomic E-state index is 12.9. The smallest absolute Gasteiger partial charge is 0.282 e. The van der Waals surface area contributed by atoms with Gasteiger partial charge in [-0.2, -0.15) is 0 Å². The average molecular weight is 339 g/mol. The van der Waals surface area contributed by atoms with E-state index in [-0.39, 0.29) is 18.1 Å². The summed E-state index contributed by atoms with van der Waals surface area (Å²) in [5.41, 5.74) is 1.10. The second-order valence-electron chi connectivity index (χ2n) is 5.26. The molecular weight excluding hydrogens is 326 g/mol. The van der Waals surface area contributed by atoms with Gasteiger partial charge in [0.05, 0.1) is 23.0 Å². The second-order valence-corrected chi connectivity index (χ2v) is 6.27. The summed E-state index contributed by atoms with van der Waals surface area (Å²) < 4.78 is 11.4. The van der Waals surface area contributed by atoms with Crippen LogP contribution in [0.4, 0.5) is 5.13 Å². The standard InChI is InChI=1S/C17H13N3O3S/c1-11-9-14(19-23-11)16(21)20(10-12-5-4-8-22-12)17-18-13-6-2-3-7-15(13)24-17/h2-9H,10H2,1H3. The number of para-hydroxylation sites is 1. The number of anilines is 1. The van der Waals surface area contributed by atoms with E-state index in [2.05, 4.69) is 10.1 Å². The van der Waals surface area contributed by atoms with Crippen molar-refractivity contribution in [1.82, 2.24) is 10.1 Å². The summed E-state index contributed by atoms with van der Waals surface area (Å²) in [6.07, 6.45) is 1.58. The minimum atomic E-state index is -0.276. The highest BCUT2D eigenvalue weighted by Crippen LogP contribution is 2.30. The fourth-order valence-electron chi connectivity index (χ4n) is 2.37. The van der Waals surface area contributed by atoms with Gasteiger partial charge in [0.25, 0.3) is 5.91 Å². The molecule has 0 aliphatic heterocycles. The van der Waals surface area contributed by atoms with Crippen molar-refractivity contribution in [3.63, 3.8) is 0 Å². The van der Waals surface area contributed by atoms with Crippen molar-refractivity contribution < 1.29 is 13.7 Å². The minimum absolute atomic E-state index is 0.248. The lowest BCUT2D eigenvalue weighted by Gasteiger charge is -2.17. The van der Waals surface area contributed by atoms with Gasteiger partial charge < -0.3 is 8.94 Å². The number of hydrogen-bond acceptors (Lipinski definition) is 6. The van der Waals surface area contributed by atoms with E-state index in [0.717, 1.165) is 10.2 Å². The number of benzene rings is 1. The Morgan fingerprint density at radius 3 is 2.83 bits per heavy atom. The van der Waals surface area contributed by atoms with Gasteiger partial charge in [-0.05, 0) is 31.2 Å². The van der Waals surface area contributed by atoms with Gasteiger partial charge in [-0.3, -0.25) is 9.69 Å². The van der Waals surface area contributed by atoms with Crippen LogP contribution in [-0.4, -0.2) is 16.0 Å². The number of furan rings is 1. The molecule has 0 unspecified atom stereocenters. The van der Waals surface area contributed by atoms with Gasteiger partial charge >= 0.3 is 0 Å². The van der Waals surface area contributed by atoms with Crippen LogP contribution in [0.2, 0.25) is 0 Å². The fourth-order valence-corrected chi connectivity index (χ4v) is 3.33. The first-order valence-corrected chi connectivity index (χ1v) is 8.15. The van der Waals surface area contributed by atoms with Gasteiger partial charge in [0.1, 0.15) is 11.5 Å². The molecule has 0 saturated carbocycles. The highest BCUT2D eigenvalue weighted by Gasteiger charge is 2.25. The van der Waals surface area contributed by atoms with Crippen LogP contribution in [0.3, 0.4) is 0 Å². The van der Waals surface area contributed by atoms with E-state index in [0.29, 0.717) is 16.7 Å². The number of carbonyl (C=O) groups is 1. The molecule has 4 rings (SSSR count). The summed E-state index contributed by atoms with van der Waals surface area (Å²) in [5, 5.41) is 4.42. The molecular formula is C17H13N3O3S. The summed E-state index contributed by atoms with van der Waals surface area (Å²) in [5.74, 6) is 0.978. The van der Waals surface area contributed by atoms with Gasteiger partial charge in [-0.25, -0.2) is 4.98 Å². The average Bonchev–Trinajstić information content (AvgIpc) is 3.32. The Morgan fingerprint density at radius 2 is 2.12 bits per heavy atom. The van der Waals surface area contributed by atoms with Crippen molar-refractivity contribution in [2.45, 2.75) is 13.5 Å². The summed E-state index contributed by atoms with van der Waals surface area (Å²) >= 11 is 1.45. The quantitative estimate of drug-likeness (QED) is 0.561. The van der Waals surface area contributed by atoms with Crippen molar-refractivity contribution in [2.24, 2.45) is 0 Å². The number of amides is 1. The monoisotopic (exact) mass is 339 g/mol. The van der Waals surface area contributed by atoms with Crippen LogP contribution in [-0.2, 0) is 6.54 Å². The molecule has 0 aliphatic carbocycles. The predicted octanol–water partition coefficient (Wildman–Crippen LogP) is 4.03. The van der Waals surface area contributed by atoms with Gasteiger partial charge in [-0.15, -0.1) is 0 Å². The summed E-state index contributed by atoms with van der Waals surface area (Å²) in [6.45, 7) is 2.02. The first-order chi connectivity index (χ1) is 11.7. The molecule has 3 heterocycles. The van der Waals surface area contributed by atoms with Gasteiger partial charge in [0.15, 0.2) is 10.8 Å². The first-order valence-electron chi connectivity index (χ1n) is 7.34. The third kappa shape index (κ3) is 2.69. The molecule has 0 radical (unpaired) electrons. The Balaban J connectivity index is 1.75. The number of thiazole rings is 1.